The van der Waals surface area contributed by atoms with Gasteiger partial charge in [0.2, 0.25) is 10.0 Å². The molecule has 0 bridgehead atoms. The highest BCUT2D eigenvalue weighted by atomic mass is 32.2. The lowest BCUT2D eigenvalue weighted by atomic mass is 10.2. The third-order valence-electron chi connectivity index (χ3n) is 4.40. The Bertz CT molecular complexity index is 707. The Morgan fingerprint density at radius 2 is 1.96 bits per heavy atom. The van der Waals surface area contributed by atoms with Crippen molar-refractivity contribution in [1.82, 2.24) is 14.9 Å². The van der Waals surface area contributed by atoms with E-state index < -0.39 is 10.0 Å². The Kier molecular flexibility index (Phi) is 9.52. The molecule has 158 valence electrons. The Morgan fingerprint density at radius 3 is 2.61 bits per heavy atom. The van der Waals surface area contributed by atoms with Crippen molar-refractivity contribution in [3.8, 4) is 5.75 Å². The second-order valence-electron chi connectivity index (χ2n) is 6.49. The smallest absolute Gasteiger partial charge is 0.214 e. The summed E-state index contributed by atoms with van der Waals surface area (Å²) in [5.41, 5.74) is 1.07. The number of rotatable bonds is 11. The zero-order valence-electron chi connectivity index (χ0n) is 16.8. The largest absolute Gasteiger partial charge is 0.497 e. The van der Waals surface area contributed by atoms with Crippen molar-refractivity contribution in [2.24, 2.45) is 4.99 Å². The van der Waals surface area contributed by atoms with E-state index in [-0.39, 0.29) is 5.75 Å². The van der Waals surface area contributed by atoms with Gasteiger partial charge in [0, 0.05) is 39.4 Å². The van der Waals surface area contributed by atoms with E-state index in [2.05, 4.69) is 15.6 Å². The predicted octanol–water partition coefficient (Wildman–Crippen LogP) is 1.19. The standard InChI is InChI=1S/C19H32N4O4S/c1-3-27-14-4-10-20-19(21-11-13-23-12-5-15-28(23,24)25)22-16-17-6-8-18(26-2)9-7-17/h6-9H,3-5,10-16H2,1-2H3,(H2,20,21,22). The minimum atomic E-state index is -3.07. The van der Waals surface area contributed by atoms with Crippen LogP contribution in [-0.2, 0) is 21.3 Å². The highest BCUT2D eigenvalue weighted by Crippen LogP contribution is 2.12. The first kappa shape index (κ1) is 22.4. The van der Waals surface area contributed by atoms with Gasteiger partial charge in [0.1, 0.15) is 5.75 Å². The maximum atomic E-state index is 11.9. The number of aliphatic imine (C=N–C) groups is 1. The lowest BCUT2D eigenvalue weighted by Gasteiger charge is -2.17. The topological polar surface area (TPSA) is 92.3 Å². The molecule has 8 nitrogen and oxygen atoms in total. The monoisotopic (exact) mass is 412 g/mol. The van der Waals surface area contributed by atoms with E-state index in [0.717, 1.165) is 24.3 Å². The van der Waals surface area contributed by atoms with Gasteiger partial charge in [0.05, 0.1) is 19.4 Å². The van der Waals surface area contributed by atoms with Gasteiger partial charge in [0.25, 0.3) is 0 Å². The molecule has 0 aliphatic carbocycles. The molecule has 2 N–H and O–H groups in total. The summed E-state index contributed by atoms with van der Waals surface area (Å²) in [7, 11) is -1.43. The molecule has 1 saturated heterocycles. The Labute approximate surface area is 168 Å². The molecule has 1 aliphatic heterocycles. The van der Waals surface area contributed by atoms with Crippen LogP contribution in [0.15, 0.2) is 29.3 Å². The number of sulfonamides is 1. The number of benzene rings is 1. The predicted molar refractivity (Wildman–Crippen MR) is 111 cm³/mol. The van der Waals surface area contributed by atoms with Crippen molar-refractivity contribution in [1.29, 1.82) is 0 Å². The third kappa shape index (κ3) is 7.65. The maximum absolute atomic E-state index is 11.9. The fraction of sp³-hybridized carbons (Fsp3) is 0.632. The van der Waals surface area contributed by atoms with Crippen LogP contribution in [0.4, 0.5) is 0 Å². The third-order valence-corrected chi connectivity index (χ3v) is 6.35. The van der Waals surface area contributed by atoms with Gasteiger partial charge in [-0.2, -0.15) is 0 Å². The molecular weight excluding hydrogens is 380 g/mol. The molecule has 2 rings (SSSR count). The second-order valence-corrected chi connectivity index (χ2v) is 8.57. The van der Waals surface area contributed by atoms with Crippen molar-refractivity contribution in [3.63, 3.8) is 0 Å². The minimum Gasteiger partial charge on any atom is -0.497 e. The van der Waals surface area contributed by atoms with Gasteiger partial charge in [-0.3, -0.25) is 0 Å². The number of nitrogens with one attached hydrogen (secondary N) is 2. The highest BCUT2D eigenvalue weighted by Gasteiger charge is 2.27. The summed E-state index contributed by atoms with van der Waals surface area (Å²) in [6.07, 6.45) is 1.58. The van der Waals surface area contributed by atoms with Crippen molar-refractivity contribution >= 4 is 16.0 Å². The number of methoxy groups -OCH3 is 1. The lowest BCUT2D eigenvalue weighted by molar-refractivity contribution is 0.145. The highest BCUT2D eigenvalue weighted by molar-refractivity contribution is 7.89. The van der Waals surface area contributed by atoms with Crippen LogP contribution >= 0.6 is 0 Å². The van der Waals surface area contributed by atoms with Crippen molar-refractivity contribution < 1.29 is 17.9 Å². The number of hydrogen-bond donors (Lipinski definition) is 2. The fourth-order valence-electron chi connectivity index (χ4n) is 2.84. The first-order chi connectivity index (χ1) is 13.5. The quantitative estimate of drug-likeness (QED) is 0.322. The molecule has 28 heavy (non-hydrogen) atoms. The van der Waals surface area contributed by atoms with E-state index in [4.69, 9.17) is 9.47 Å². The summed E-state index contributed by atoms with van der Waals surface area (Å²) in [6.45, 7) is 6.20. The SMILES string of the molecule is CCOCCCNC(=NCc1ccc(OC)cc1)NCCN1CCCS1(=O)=O. The molecule has 0 amide bonds. The molecule has 1 heterocycles. The summed E-state index contributed by atoms with van der Waals surface area (Å²) in [6, 6.07) is 7.77. The molecule has 0 spiro atoms. The second kappa shape index (κ2) is 11.9. The number of guanidine groups is 1. The molecule has 1 aliphatic rings. The van der Waals surface area contributed by atoms with Gasteiger partial charge in [-0.1, -0.05) is 12.1 Å². The average Bonchev–Trinajstić information content (AvgIpc) is 3.04. The average molecular weight is 413 g/mol. The van der Waals surface area contributed by atoms with Crippen LogP contribution in [0.3, 0.4) is 0 Å². The molecule has 1 aromatic rings. The number of hydrogen-bond acceptors (Lipinski definition) is 5. The minimum absolute atomic E-state index is 0.251. The first-order valence-electron chi connectivity index (χ1n) is 9.76. The van der Waals surface area contributed by atoms with E-state index in [1.165, 1.54) is 4.31 Å². The van der Waals surface area contributed by atoms with Crippen LogP contribution in [0, 0.1) is 0 Å². The van der Waals surface area contributed by atoms with Gasteiger partial charge in [-0.15, -0.1) is 0 Å². The van der Waals surface area contributed by atoms with Gasteiger partial charge in [-0.25, -0.2) is 17.7 Å². The van der Waals surface area contributed by atoms with Gasteiger partial charge >= 0.3 is 0 Å². The van der Waals surface area contributed by atoms with Crippen LogP contribution in [-0.4, -0.2) is 70.9 Å². The zero-order valence-corrected chi connectivity index (χ0v) is 17.6. The molecule has 1 aromatic carbocycles. The Hall–Kier alpha value is -1.84. The van der Waals surface area contributed by atoms with Crippen LogP contribution in [0.1, 0.15) is 25.3 Å². The van der Waals surface area contributed by atoms with Crippen molar-refractivity contribution in [3.05, 3.63) is 29.8 Å². The van der Waals surface area contributed by atoms with E-state index >= 15 is 0 Å². The van der Waals surface area contributed by atoms with E-state index in [1.54, 1.807) is 7.11 Å². The molecule has 0 aromatic heterocycles. The van der Waals surface area contributed by atoms with E-state index in [9.17, 15) is 8.42 Å². The van der Waals surface area contributed by atoms with Crippen LogP contribution in [0.2, 0.25) is 0 Å². The van der Waals surface area contributed by atoms with Gasteiger partial charge in [-0.05, 0) is 37.5 Å². The first-order valence-corrected chi connectivity index (χ1v) is 11.4. The van der Waals surface area contributed by atoms with Crippen LogP contribution in [0.25, 0.3) is 0 Å². The molecule has 9 heteroatoms. The summed E-state index contributed by atoms with van der Waals surface area (Å²) in [5, 5.41) is 6.52. The Balaban J connectivity index is 1.87. The molecule has 1 fully saturated rings. The molecule has 0 atom stereocenters. The summed E-state index contributed by atoms with van der Waals surface area (Å²) < 4.78 is 35.9. The lowest BCUT2D eigenvalue weighted by Crippen LogP contribution is -2.42. The normalized spacial score (nSPS) is 16.9. The molecule has 0 radical (unpaired) electrons. The Morgan fingerprint density at radius 1 is 1.21 bits per heavy atom. The van der Waals surface area contributed by atoms with Crippen molar-refractivity contribution in [2.75, 3.05) is 52.3 Å². The fourth-order valence-corrected chi connectivity index (χ4v) is 4.37. The van der Waals surface area contributed by atoms with Gasteiger partial charge in [0.15, 0.2) is 5.96 Å². The summed E-state index contributed by atoms with van der Waals surface area (Å²) in [5.74, 6) is 1.73. The van der Waals surface area contributed by atoms with Gasteiger partial charge < -0.3 is 20.1 Å². The molecular formula is C19H32N4O4S. The van der Waals surface area contributed by atoms with Crippen molar-refractivity contribution in [2.45, 2.75) is 26.3 Å². The van der Waals surface area contributed by atoms with E-state index in [0.29, 0.717) is 51.8 Å². The van der Waals surface area contributed by atoms with E-state index in [1.807, 2.05) is 31.2 Å². The zero-order chi connectivity index (χ0) is 20.2. The number of ether oxygens (including phenoxy) is 2. The number of nitrogens with zero attached hydrogens (tertiary/aromatic N) is 2. The molecule has 0 saturated carbocycles. The van der Waals surface area contributed by atoms with Crippen LogP contribution < -0.4 is 15.4 Å². The molecule has 0 unspecified atom stereocenters. The summed E-state index contributed by atoms with van der Waals surface area (Å²) in [4.78, 5) is 4.61. The maximum Gasteiger partial charge on any atom is 0.214 e. The van der Waals surface area contributed by atoms with Crippen LogP contribution in [0.5, 0.6) is 5.75 Å². The summed E-state index contributed by atoms with van der Waals surface area (Å²) >= 11 is 0.